The molecular formula is C15H20O4. The van der Waals surface area contributed by atoms with Crippen molar-refractivity contribution >= 4 is 12.3 Å². The fourth-order valence-electron chi connectivity index (χ4n) is 1.72. The van der Waals surface area contributed by atoms with Crippen LogP contribution in [0.25, 0.3) is 0 Å². The first-order valence-corrected chi connectivity index (χ1v) is 6.14. The van der Waals surface area contributed by atoms with E-state index in [-0.39, 0.29) is 6.61 Å². The Labute approximate surface area is 113 Å². The largest absolute Gasteiger partial charge is 0.482 e. The zero-order chi connectivity index (χ0) is 14.6. The van der Waals surface area contributed by atoms with Gasteiger partial charge in [-0.1, -0.05) is 0 Å². The Balaban J connectivity index is 2.69. The van der Waals surface area contributed by atoms with E-state index in [4.69, 9.17) is 9.47 Å². The molecule has 1 rings (SSSR count). The van der Waals surface area contributed by atoms with Gasteiger partial charge in [0.25, 0.3) is 0 Å². The lowest BCUT2D eigenvalue weighted by Crippen LogP contribution is -2.27. The average molecular weight is 264 g/mol. The molecule has 19 heavy (non-hydrogen) atoms. The summed E-state index contributed by atoms with van der Waals surface area (Å²) < 4.78 is 10.5. The molecule has 0 radical (unpaired) electrons. The smallest absolute Gasteiger partial charge is 0.344 e. The highest BCUT2D eigenvalue weighted by atomic mass is 16.6. The molecular weight excluding hydrogens is 244 g/mol. The van der Waals surface area contributed by atoms with Crippen molar-refractivity contribution in [2.45, 2.75) is 40.2 Å². The highest BCUT2D eigenvalue weighted by Gasteiger charge is 2.16. The summed E-state index contributed by atoms with van der Waals surface area (Å²) in [6.07, 6.45) is 0.822. The number of hydrogen-bond donors (Lipinski definition) is 0. The quantitative estimate of drug-likeness (QED) is 0.620. The Bertz CT molecular complexity index is 460. The van der Waals surface area contributed by atoms with Crippen LogP contribution < -0.4 is 4.74 Å². The minimum Gasteiger partial charge on any atom is -0.482 e. The predicted octanol–water partition coefficient (Wildman–Crippen LogP) is 2.84. The van der Waals surface area contributed by atoms with Crippen LogP contribution in [0.5, 0.6) is 5.75 Å². The van der Waals surface area contributed by atoms with E-state index < -0.39 is 11.6 Å². The molecule has 0 unspecified atom stereocenters. The third-order valence-electron chi connectivity index (χ3n) is 2.46. The number of rotatable bonds is 4. The molecule has 4 nitrogen and oxygen atoms in total. The number of aldehydes is 1. The second kappa shape index (κ2) is 5.87. The van der Waals surface area contributed by atoms with E-state index in [0.29, 0.717) is 11.3 Å². The van der Waals surface area contributed by atoms with Crippen molar-refractivity contribution in [2.75, 3.05) is 6.61 Å². The molecule has 0 saturated heterocycles. The lowest BCUT2D eigenvalue weighted by molar-refractivity contribution is -0.157. The minimum absolute atomic E-state index is 0.142. The molecule has 1 aromatic carbocycles. The highest BCUT2D eigenvalue weighted by Crippen LogP contribution is 2.20. The number of benzene rings is 1. The van der Waals surface area contributed by atoms with Gasteiger partial charge in [0.05, 0.1) is 0 Å². The minimum atomic E-state index is -0.520. The topological polar surface area (TPSA) is 52.6 Å². The van der Waals surface area contributed by atoms with Gasteiger partial charge in [-0.25, -0.2) is 4.79 Å². The van der Waals surface area contributed by atoms with Gasteiger partial charge in [-0.2, -0.15) is 0 Å². The second-order valence-corrected chi connectivity index (χ2v) is 5.46. The number of hydrogen-bond acceptors (Lipinski definition) is 4. The van der Waals surface area contributed by atoms with Crippen LogP contribution >= 0.6 is 0 Å². The molecule has 0 heterocycles. The van der Waals surface area contributed by atoms with Gasteiger partial charge in [-0.15, -0.1) is 0 Å². The number of aryl methyl sites for hydroxylation is 2. The van der Waals surface area contributed by atoms with Crippen molar-refractivity contribution in [3.05, 3.63) is 28.8 Å². The van der Waals surface area contributed by atoms with Crippen LogP contribution in [0.3, 0.4) is 0 Å². The summed E-state index contributed by atoms with van der Waals surface area (Å²) in [5.74, 6) is 0.147. The van der Waals surface area contributed by atoms with E-state index in [9.17, 15) is 9.59 Å². The summed E-state index contributed by atoms with van der Waals surface area (Å²) in [5, 5.41) is 0. The predicted molar refractivity (Wildman–Crippen MR) is 72.6 cm³/mol. The Morgan fingerprint density at radius 2 is 1.74 bits per heavy atom. The lowest BCUT2D eigenvalue weighted by Gasteiger charge is -2.19. The standard InChI is InChI=1S/C15H20O4/c1-10-6-12(7-11(2)13(10)8-16)18-9-14(17)19-15(3,4)5/h6-8H,9H2,1-5H3. The lowest BCUT2D eigenvalue weighted by atomic mass is 10.0. The molecule has 0 aliphatic rings. The van der Waals surface area contributed by atoms with Gasteiger partial charge in [-0.05, 0) is 57.9 Å². The fraction of sp³-hybridized carbons (Fsp3) is 0.467. The third kappa shape index (κ3) is 4.73. The average Bonchev–Trinajstić information content (AvgIpc) is 2.23. The summed E-state index contributed by atoms with van der Waals surface area (Å²) in [5.41, 5.74) is 1.79. The first-order valence-electron chi connectivity index (χ1n) is 6.14. The molecule has 0 saturated carbocycles. The van der Waals surface area contributed by atoms with Gasteiger partial charge in [0.2, 0.25) is 0 Å². The summed E-state index contributed by atoms with van der Waals surface area (Å²) in [7, 11) is 0. The van der Waals surface area contributed by atoms with E-state index in [1.54, 1.807) is 32.9 Å². The SMILES string of the molecule is Cc1cc(OCC(=O)OC(C)(C)C)cc(C)c1C=O. The zero-order valence-corrected chi connectivity index (χ0v) is 12.1. The number of carbonyl (C=O) groups is 2. The van der Waals surface area contributed by atoms with Crippen LogP contribution in [0.2, 0.25) is 0 Å². The first kappa shape index (κ1) is 15.2. The van der Waals surface area contributed by atoms with Gasteiger partial charge in [-0.3, -0.25) is 4.79 Å². The molecule has 0 amide bonds. The van der Waals surface area contributed by atoms with E-state index in [1.807, 2.05) is 13.8 Å². The Kier molecular flexibility index (Phi) is 4.70. The summed E-state index contributed by atoms with van der Waals surface area (Å²) in [6, 6.07) is 3.47. The number of esters is 1. The molecule has 0 aliphatic carbocycles. The molecule has 0 N–H and O–H groups in total. The number of carbonyl (C=O) groups excluding carboxylic acids is 2. The fourth-order valence-corrected chi connectivity index (χ4v) is 1.72. The zero-order valence-electron chi connectivity index (χ0n) is 12.1. The van der Waals surface area contributed by atoms with Crippen LogP contribution in [-0.2, 0) is 9.53 Å². The van der Waals surface area contributed by atoms with Gasteiger partial charge in [0.15, 0.2) is 12.9 Å². The van der Waals surface area contributed by atoms with Gasteiger partial charge in [0, 0.05) is 5.56 Å². The van der Waals surface area contributed by atoms with Crippen LogP contribution in [0, 0.1) is 13.8 Å². The van der Waals surface area contributed by atoms with Crippen LogP contribution in [0.4, 0.5) is 0 Å². The summed E-state index contributed by atoms with van der Waals surface area (Å²) in [4.78, 5) is 22.4. The molecule has 1 aromatic rings. The van der Waals surface area contributed by atoms with Crippen molar-refractivity contribution in [1.29, 1.82) is 0 Å². The van der Waals surface area contributed by atoms with Gasteiger partial charge in [0.1, 0.15) is 11.4 Å². The normalized spacial score (nSPS) is 11.0. The van der Waals surface area contributed by atoms with Crippen molar-refractivity contribution in [3.63, 3.8) is 0 Å². The molecule has 0 fully saturated rings. The van der Waals surface area contributed by atoms with Crippen molar-refractivity contribution in [3.8, 4) is 5.75 Å². The molecule has 104 valence electrons. The van der Waals surface area contributed by atoms with E-state index >= 15 is 0 Å². The Morgan fingerprint density at radius 3 is 2.16 bits per heavy atom. The van der Waals surface area contributed by atoms with Crippen LogP contribution in [-0.4, -0.2) is 24.5 Å². The van der Waals surface area contributed by atoms with Gasteiger partial charge >= 0.3 is 5.97 Å². The van der Waals surface area contributed by atoms with Crippen molar-refractivity contribution < 1.29 is 19.1 Å². The Morgan fingerprint density at radius 1 is 1.21 bits per heavy atom. The molecule has 4 heteroatoms. The molecule has 0 spiro atoms. The van der Waals surface area contributed by atoms with Crippen LogP contribution in [0.15, 0.2) is 12.1 Å². The maximum Gasteiger partial charge on any atom is 0.344 e. The highest BCUT2D eigenvalue weighted by molar-refractivity contribution is 5.80. The molecule has 0 aromatic heterocycles. The van der Waals surface area contributed by atoms with Crippen molar-refractivity contribution in [1.82, 2.24) is 0 Å². The number of ether oxygens (including phenoxy) is 2. The van der Waals surface area contributed by atoms with Crippen LogP contribution in [0.1, 0.15) is 42.3 Å². The van der Waals surface area contributed by atoms with Crippen molar-refractivity contribution in [2.24, 2.45) is 0 Å². The summed E-state index contributed by atoms with van der Waals surface area (Å²) in [6.45, 7) is 8.93. The maximum absolute atomic E-state index is 11.5. The third-order valence-corrected chi connectivity index (χ3v) is 2.46. The second-order valence-electron chi connectivity index (χ2n) is 5.46. The molecule has 0 bridgehead atoms. The van der Waals surface area contributed by atoms with E-state index in [2.05, 4.69) is 0 Å². The van der Waals surface area contributed by atoms with E-state index in [0.717, 1.165) is 17.4 Å². The Hall–Kier alpha value is -1.84. The van der Waals surface area contributed by atoms with Gasteiger partial charge < -0.3 is 9.47 Å². The maximum atomic E-state index is 11.5. The summed E-state index contributed by atoms with van der Waals surface area (Å²) >= 11 is 0. The first-order chi connectivity index (χ1) is 8.73. The molecule has 0 atom stereocenters. The monoisotopic (exact) mass is 264 g/mol. The van der Waals surface area contributed by atoms with E-state index in [1.165, 1.54) is 0 Å². The molecule has 0 aliphatic heterocycles.